The van der Waals surface area contributed by atoms with Crippen LogP contribution in [0.2, 0.25) is 0 Å². The van der Waals surface area contributed by atoms with Gasteiger partial charge in [0.1, 0.15) is 12.1 Å². The summed E-state index contributed by atoms with van der Waals surface area (Å²) in [5, 5.41) is 19.7. The molecule has 0 saturated heterocycles. The Hall–Kier alpha value is -9.10. The Kier molecular flexibility index (Phi) is 10.7. The van der Waals surface area contributed by atoms with Crippen LogP contribution >= 0.6 is 0 Å². The van der Waals surface area contributed by atoms with Gasteiger partial charge in [-0.25, -0.2) is 9.97 Å². The molecule has 0 bridgehead atoms. The maximum atomic E-state index is 9.84. The van der Waals surface area contributed by atoms with Crippen LogP contribution in [0.15, 0.2) is 231 Å². The van der Waals surface area contributed by atoms with Crippen LogP contribution in [0.25, 0.3) is 55.8 Å². The Labute approximate surface area is 372 Å². The second-order valence-electron chi connectivity index (χ2n) is 15.3. The van der Waals surface area contributed by atoms with Crippen LogP contribution in [-0.4, -0.2) is 9.97 Å². The zero-order valence-corrected chi connectivity index (χ0v) is 34.6. The number of nitrogens with zero attached hydrogens (tertiary/aromatic N) is 6. The highest BCUT2D eigenvalue weighted by molar-refractivity contribution is 5.89. The number of anilines is 6. The fraction of sp³-hybridized carbons (Fsp3) is 0. The maximum Gasteiger partial charge on any atom is 0.101 e. The number of rotatable bonds is 10. The molecule has 0 saturated carbocycles. The van der Waals surface area contributed by atoms with Gasteiger partial charge in [0.2, 0.25) is 0 Å². The second kappa shape index (κ2) is 17.5. The van der Waals surface area contributed by atoms with E-state index in [2.05, 4.69) is 216 Å². The van der Waals surface area contributed by atoms with E-state index in [9.17, 15) is 10.5 Å². The van der Waals surface area contributed by atoms with Gasteiger partial charge in [-0.05, 0) is 107 Å². The quantitative estimate of drug-likeness (QED) is 0.137. The minimum Gasteiger partial charge on any atom is -0.311 e. The van der Waals surface area contributed by atoms with Gasteiger partial charge in [-0.15, -0.1) is 0 Å². The lowest BCUT2D eigenvalue weighted by Crippen LogP contribution is -2.09. The smallest absolute Gasteiger partial charge is 0.101 e. The van der Waals surface area contributed by atoms with Crippen LogP contribution in [-0.2, 0) is 0 Å². The SMILES string of the molecule is N#Cc1cc2nc(-c3ccc(-c4ccc(N(c5ccccc5)c5ccccc5)cc4)cc3)c(-c3ccc(-c4ccc(N(c5ccccc5)c5ccccc5)cc4)cc3)nc2cc1C#N. The average molecular weight is 819 g/mol. The van der Waals surface area contributed by atoms with Crippen LogP contribution in [0.3, 0.4) is 0 Å². The Bertz CT molecular complexity index is 2980. The molecule has 64 heavy (non-hydrogen) atoms. The third kappa shape index (κ3) is 7.83. The van der Waals surface area contributed by atoms with Gasteiger partial charge >= 0.3 is 0 Å². The largest absolute Gasteiger partial charge is 0.311 e. The van der Waals surface area contributed by atoms with Crippen molar-refractivity contribution in [2.75, 3.05) is 9.80 Å². The Morgan fingerprint density at radius 3 is 0.781 bits per heavy atom. The highest BCUT2D eigenvalue weighted by Crippen LogP contribution is 2.39. The minimum absolute atomic E-state index is 0.269. The number of fused-ring (bicyclic) bond motifs is 1. The predicted molar refractivity (Wildman–Crippen MR) is 260 cm³/mol. The molecule has 300 valence electrons. The lowest BCUT2D eigenvalue weighted by Gasteiger charge is -2.25. The molecule has 10 rings (SSSR count). The number of hydrogen-bond donors (Lipinski definition) is 0. The van der Waals surface area contributed by atoms with E-state index < -0.39 is 0 Å². The summed E-state index contributed by atoms with van der Waals surface area (Å²) >= 11 is 0. The summed E-state index contributed by atoms with van der Waals surface area (Å²) in [6, 6.07) is 83.1. The first-order valence-corrected chi connectivity index (χ1v) is 21.0. The van der Waals surface area contributed by atoms with E-state index in [0.29, 0.717) is 22.4 Å². The van der Waals surface area contributed by atoms with Gasteiger partial charge in [-0.3, -0.25) is 0 Å². The van der Waals surface area contributed by atoms with Gasteiger partial charge in [-0.2, -0.15) is 10.5 Å². The molecule has 0 unspecified atom stereocenters. The van der Waals surface area contributed by atoms with E-state index in [4.69, 9.17) is 9.97 Å². The fourth-order valence-corrected chi connectivity index (χ4v) is 8.14. The summed E-state index contributed by atoms with van der Waals surface area (Å²) in [7, 11) is 0. The van der Waals surface area contributed by atoms with Gasteiger partial charge < -0.3 is 9.80 Å². The molecule has 9 aromatic carbocycles. The van der Waals surface area contributed by atoms with E-state index in [1.165, 1.54) is 0 Å². The standard InChI is InChI=1S/C58H38N6/c59-39-47-37-55-56(38-48(47)40-60)62-58(46-27-23-42(24-28-46)44-31-35-54(36-32-44)64(51-17-9-3-10-18-51)52-19-11-4-12-20-52)57(61-55)45-25-21-41(22-26-45)43-29-33-53(34-30-43)63(49-13-5-1-6-14-49)50-15-7-2-8-16-50/h1-38H. The molecule has 0 atom stereocenters. The zero-order chi connectivity index (χ0) is 43.2. The molecule has 0 aliphatic carbocycles. The molecule has 6 heteroatoms. The van der Waals surface area contributed by atoms with Crippen molar-refractivity contribution in [1.29, 1.82) is 10.5 Å². The molecule has 0 N–H and O–H groups in total. The summed E-state index contributed by atoms with van der Waals surface area (Å²) in [5.74, 6) is 0. The van der Waals surface area contributed by atoms with Crippen molar-refractivity contribution < 1.29 is 0 Å². The number of nitriles is 2. The maximum absolute atomic E-state index is 9.84. The number of aromatic nitrogens is 2. The molecule has 0 aliphatic heterocycles. The lowest BCUT2D eigenvalue weighted by molar-refractivity contribution is 1.28. The third-order valence-electron chi connectivity index (χ3n) is 11.3. The van der Waals surface area contributed by atoms with E-state index in [1.807, 2.05) is 24.3 Å². The van der Waals surface area contributed by atoms with E-state index in [-0.39, 0.29) is 11.1 Å². The molecular weight excluding hydrogens is 781 g/mol. The van der Waals surface area contributed by atoms with Crippen molar-refractivity contribution in [2.45, 2.75) is 0 Å². The molecule has 0 spiro atoms. The second-order valence-corrected chi connectivity index (χ2v) is 15.3. The minimum atomic E-state index is 0.269. The monoisotopic (exact) mass is 818 g/mol. The Morgan fingerprint density at radius 2 is 0.516 bits per heavy atom. The first-order chi connectivity index (χ1) is 31.6. The van der Waals surface area contributed by atoms with E-state index >= 15 is 0 Å². The zero-order valence-electron chi connectivity index (χ0n) is 34.6. The van der Waals surface area contributed by atoms with Crippen LogP contribution in [0.4, 0.5) is 34.1 Å². The first-order valence-electron chi connectivity index (χ1n) is 21.0. The van der Waals surface area contributed by atoms with Crippen LogP contribution in [0.5, 0.6) is 0 Å². The fourth-order valence-electron chi connectivity index (χ4n) is 8.14. The molecule has 0 radical (unpaired) electrons. The van der Waals surface area contributed by atoms with Gasteiger partial charge in [0.15, 0.2) is 0 Å². The summed E-state index contributed by atoms with van der Waals surface area (Å²) in [6.07, 6.45) is 0. The predicted octanol–water partition coefficient (Wildman–Crippen LogP) is 15.0. The summed E-state index contributed by atoms with van der Waals surface area (Å²) in [6.45, 7) is 0. The summed E-state index contributed by atoms with van der Waals surface area (Å²) in [4.78, 5) is 14.7. The normalized spacial score (nSPS) is 10.8. The van der Waals surface area contributed by atoms with E-state index in [0.717, 1.165) is 67.5 Å². The van der Waals surface area contributed by atoms with Gasteiger partial charge in [0, 0.05) is 45.3 Å². The van der Waals surface area contributed by atoms with Gasteiger partial charge in [-0.1, -0.05) is 146 Å². The van der Waals surface area contributed by atoms with Gasteiger partial charge in [0.25, 0.3) is 0 Å². The Balaban J connectivity index is 0.973. The number of hydrogen-bond acceptors (Lipinski definition) is 6. The Morgan fingerprint density at radius 1 is 0.281 bits per heavy atom. The molecule has 1 aromatic heterocycles. The lowest BCUT2D eigenvalue weighted by atomic mass is 9.97. The molecule has 1 heterocycles. The van der Waals surface area contributed by atoms with Crippen LogP contribution in [0.1, 0.15) is 11.1 Å². The number of benzene rings is 9. The van der Waals surface area contributed by atoms with Crippen molar-refractivity contribution in [2.24, 2.45) is 0 Å². The number of para-hydroxylation sites is 4. The molecule has 10 aromatic rings. The third-order valence-corrected chi connectivity index (χ3v) is 11.3. The first kappa shape index (κ1) is 39.1. The van der Waals surface area contributed by atoms with Crippen molar-refractivity contribution in [1.82, 2.24) is 9.97 Å². The van der Waals surface area contributed by atoms with Gasteiger partial charge in [0.05, 0.1) is 33.5 Å². The van der Waals surface area contributed by atoms with Crippen molar-refractivity contribution in [3.8, 4) is 56.9 Å². The van der Waals surface area contributed by atoms with E-state index in [1.54, 1.807) is 12.1 Å². The summed E-state index contributed by atoms with van der Waals surface area (Å²) in [5.41, 5.74) is 15.5. The highest BCUT2D eigenvalue weighted by Gasteiger charge is 2.18. The molecule has 0 fully saturated rings. The van der Waals surface area contributed by atoms with Crippen LogP contribution < -0.4 is 9.80 Å². The summed E-state index contributed by atoms with van der Waals surface area (Å²) < 4.78 is 0. The average Bonchev–Trinajstić information content (AvgIpc) is 3.37. The van der Waals surface area contributed by atoms with Crippen LogP contribution in [0, 0.1) is 22.7 Å². The molecule has 0 aliphatic rings. The van der Waals surface area contributed by atoms with Crippen molar-refractivity contribution in [3.05, 3.63) is 242 Å². The van der Waals surface area contributed by atoms with Crippen molar-refractivity contribution in [3.63, 3.8) is 0 Å². The van der Waals surface area contributed by atoms with Crippen molar-refractivity contribution >= 4 is 45.2 Å². The topological polar surface area (TPSA) is 79.8 Å². The molecule has 6 nitrogen and oxygen atoms in total. The molecular formula is C58H38N6. The highest BCUT2D eigenvalue weighted by atomic mass is 15.1. The molecule has 0 amide bonds.